The molecule has 5 aromatic carbocycles. The van der Waals surface area contributed by atoms with Gasteiger partial charge >= 0.3 is 0 Å². The lowest BCUT2D eigenvalue weighted by Gasteiger charge is -2.22. The van der Waals surface area contributed by atoms with Crippen LogP contribution in [0.25, 0.3) is 44.5 Å². The highest BCUT2D eigenvalue weighted by molar-refractivity contribution is 6.88. The second-order valence-electron chi connectivity index (χ2n) is 10.5. The summed E-state index contributed by atoms with van der Waals surface area (Å²) in [6.45, 7) is 6.52. The summed E-state index contributed by atoms with van der Waals surface area (Å²) in [4.78, 5) is 0. The van der Waals surface area contributed by atoms with Gasteiger partial charge in [0.25, 0.3) is 0 Å². The average Bonchev–Trinajstić information content (AvgIpc) is 2.91. The number of phenols is 2. The van der Waals surface area contributed by atoms with Crippen LogP contribution in [-0.2, 0) is 0 Å². The molecular formula is C33H28F2O2Si. The van der Waals surface area contributed by atoms with Gasteiger partial charge in [-0.3, -0.25) is 0 Å². The van der Waals surface area contributed by atoms with Gasteiger partial charge in [-0.15, -0.1) is 0 Å². The standard InChI is InChI=1S/C33H28F2O2Si/c1-38(2,3)26-17-27(33(37)29(18-26)28-19-30(34)31(35)20-32(28)36)25-15-23(21-10-6-4-7-11-21)14-24(16-25)22-12-8-5-9-13-22/h4-20,36-37H,1-3H3. The van der Waals surface area contributed by atoms with E-state index in [1.54, 1.807) is 6.07 Å². The van der Waals surface area contributed by atoms with E-state index in [-0.39, 0.29) is 16.9 Å². The van der Waals surface area contributed by atoms with Gasteiger partial charge in [-0.25, -0.2) is 8.78 Å². The van der Waals surface area contributed by atoms with Gasteiger partial charge in [-0.2, -0.15) is 0 Å². The van der Waals surface area contributed by atoms with Gasteiger partial charge in [0, 0.05) is 22.8 Å². The summed E-state index contributed by atoms with van der Waals surface area (Å²) in [6.07, 6.45) is 0. The molecular weight excluding hydrogens is 494 g/mol. The predicted molar refractivity (Wildman–Crippen MR) is 154 cm³/mol. The van der Waals surface area contributed by atoms with E-state index in [1.165, 1.54) is 0 Å². The fraction of sp³-hybridized carbons (Fsp3) is 0.0909. The van der Waals surface area contributed by atoms with Crippen LogP contribution in [0.15, 0.2) is 103 Å². The summed E-state index contributed by atoms with van der Waals surface area (Å²) in [5.74, 6) is -2.76. The van der Waals surface area contributed by atoms with Crippen LogP contribution in [0, 0.1) is 11.6 Å². The molecule has 0 bridgehead atoms. The van der Waals surface area contributed by atoms with E-state index in [1.807, 2.05) is 78.9 Å². The molecule has 0 saturated carbocycles. The molecule has 0 spiro atoms. The van der Waals surface area contributed by atoms with Gasteiger partial charge in [-0.1, -0.05) is 97.6 Å². The topological polar surface area (TPSA) is 40.5 Å². The summed E-state index contributed by atoms with van der Waals surface area (Å²) in [7, 11) is -1.94. The summed E-state index contributed by atoms with van der Waals surface area (Å²) in [5.41, 5.74) is 5.70. The molecule has 0 saturated heterocycles. The molecule has 0 unspecified atom stereocenters. The molecule has 2 nitrogen and oxygen atoms in total. The van der Waals surface area contributed by atoms with Crippen molar-refractivity contribution in [2.45, 2.75) is 19.6 Å². The van der Waals surface area contributed by atoms with Crippen LogP contribution in [0.1, 0.15) is 0 Å². The number of aromatic hydroxyl groups is 2. The Morgan fingerprint density at radius 3 is 1.50 bits per heavy atom. The second kappa shape index (κ2) is 9.91. The molecule has 0 aliphatic carbocycles. The maximum atomic E-state index is 14.3. The van der Waals surface area contributed by atoms with E-state index in [9.17, 15) is 19.0 Å². The van der Waals surface area contributed by atoms with E-state index < -0.39 is 25.5 Å². The van der Waals surface area contributed by atoms with Crippen molar-refractivity contribution in [2.24, 2.45) is 0 Å². The van der Waals surface area contributed by atoms with E-state index in [2.05, 4.69) is 25.7 Å². The zero-order valence-corrected chi connectivity index (χ0v) is 22.5. The first-order valence-corrected chi connectivity index (χ1v) is 15.9. The monoisotopic (exact) mass is 522 g/mol. The first kappa shape index (κ1) is 25.4. The van der Waals surface area contributed by atoms with E-state index >= 15 is 0 Å². The zero-order valence-electron chi connectivity index (χ0n) is 21.5. The number of rotatable bonds is 5. The average molecular weight is 523 g/mol. The SMILES string of the molecule is C[Si](C)(C)c1cc(-c2cc(-c3ccccc3)cc(-c3ccccc3)c2)c(O)c(-c2cc(F)c(F)cc2O)c1. The van der Waals surface area contributed by atoms with E-state index in [0.717, 1.165) is 45.1 Å². The van der Waals surface area contributed by atoms with Crippen molar-refractivity contribution >= 4 is 13.3 Å². The maximum Gasteiger partial charge on any atom is 0.162 e. The molecule has 5 rings (SSSR count). The maximum absolute atomic E-state index is 14.3. The highest BCUT2D eigenvalue weighted by Crippen LogP contribution is 2.43. The van der Waals surface area contributed by atoms with Gasteiger partial charge in [0.2, 0.25) is 0 Å². The molecule has 0 atom stereocenters. The van der Waals surface area contributed by atoms with E-state index in [0.29, 0.717) is 5.56 Å². The Morgan fingerprint density at radius 1 is 0.500 bits per heavy atom. The van der Waals surface area contributed by atoms with Crippen LogP contribution in [0.2, 0.25) is 19.6 Å². The summed E-state index contributed by atoms with van der Waals surface area (Å²) in [5, 5.41) is 23.1. The highest BCUT2D eigenvalue weighted by atomic mass is 28.3. The Bertz CT molecular complexity index is 1570. The van der Waals surface area contributed by atoms with Gasteiger partial charge in [0.1, 0.15) is 11.5 Å². The number of hydrogen-bond acceptors (Lipinski definition) is 2. The Morgan fingerprint density at radius 2 is 0.974 bits per heavy atom. The Kier molecular flexibility index (Phi) is 6.63. The minimum Gasteiger partial charge on any atom is -0.507 e. The van der Waals surface area contributed by atoms with Crippen molar-refractivity contribution in [3.05, 3.63) is 115 Å². The first-order chi connectivity index (χ1) is 18.1. The molecule has 0 amide bonds. The van der Waals surface area contributed by atoms with Crippen molar-refractivity contribution in [2.75, 3.05) is 0 Å². The third kappa shape index (κ3) is 4.98. The van der Waals surface area contributed by atoms with Crippen LogP contribution in [-0.4, -0.2) is 18.3 Å². The highest BCUT2D eigenvalue weighted by Gasteiger charge is 2.24. The van der Waals surface area contributed by atoms with Gasteiger partial charge in [0.05, 0.1) is 8.07 Å². The van der Waals surface area contributed by atoms with Crippen molar-refractivity contribution in [3.63, 3.8) is 0 Å². The number of halogens is 2. The van der Waals surface area contributed by atoms with Crippen molar-refractivity contribution in [3.8, 4) is 56.0 Å². The lowest BCUT2D eigenvalue weighted by atomic mass is 9.91. The molecule has 0 radical (unpaired) electrons. The fourth-order valence-corrected chi connectivity index (χ4v) is 5.78. The normalized spacial score (nSPS) is 11.5. The molecule has 0 fully saturated rings. The summed E-state index contributed by atoms with van der Waals surface area (Å²) >= 11 is 0. The molecule has 0 heterocycles. The molecule has 5 aromatic rings. The molecule has 0 aliphatic heterocycles. The molecule has 0 aliphatic rings. The first-order valence-electron chi connectivity index (χ1n) is 12.4. The predicted octanol–water partition coefficient (Wildman–Crippen LogP) is 8.59. The van der Waals surface area contributed by atoms with Crippen molar-refractivity contribution < 1.29 is 19.0 Å². The minimum absolute atomic E-state index is 0.0465. The van der Waals surface area contributed by atoms with Crippen LogP contribution in [0.4, 0.5) is 8.78 Å². The molecule has 5 heteroatoms. The Balaban J connectivity index is 1.81. The van der Waals surface area contributed by atoms with Crippen molar-refractivity contribution in [1.82, 2.24) is 0 Å². The van der Waals surface area contributed by atoms with E-state index in [4.69, 9.17) is 0 Å². The van der Waals surface area contributed by atoms with Crippen LogP contribution in [0.3, 0.4) is 0 Å². The third-order valence-corrected chi connectivity index (χ3v) is 8.78. The summed E-state index contributed by atoms with van der Waals surface area (Å²) < 4.78 is 28.1. The molecule has 38 heavy (non-hydrogen) atoms. The molecule has 190 valence electrons. The second-order valence-corrected chi connectivity index (χ2v) is 15.6. The zero-order chi connectivity index (χ0) is 27.0. The lowest BCUT2D eigenvalue weighted by Crippen LogP contribution is -2.37. The van der Waals surface area contributed by atoms with Gasteiger partial charge in [-0.05, 0) is 52.1 Å². The fourth-order valence-electron chi connectivity index (χ4n) is 4.62. The number of benzene rings is 5. The third-order valence-electron chi connectivity index (χ3n) is 6.76. The van der Waals surface area contributed by atoms with Gasteiger partial charge < -0.3 is 10.2 Å². The van der Waals surface area contributed by atoms with Crippen LogP contribution < -0.4 is 5.19 Å². The smallest absolute Gasteiger partial charge is 0.162 e. The minimum atomic E-state index is -1.94. The number of hydrogen-bond donors (Lipinski definition) is 2. The van der Waals surface area contributed by atoms with Gasteiger partial charge in [0.15, 0.2) is 11.6 Å². The number of phenolic OH excluding ortho intramolecular Hbond substituents is 2. The van der Waals surface area contributed by atoms with Crippen LogP contribution in [0.5, 0.6) is 11.5 Å². The molecule has 0 aromatic heterocycles. The lowest BCUT2D eigenvalue weighted by molar-refractivity contribution is 0.454. The Labute approximate surface area is 222 Å². The quantitative estimate of drug-likeness (QED) is 0.227. The van der Waals surface area contributed by atoms with Crippen LogP contribution >= 0.6 is 0 Å². The van der Waals surface area contributed by atoms with Crippen molar-refractivity contribution in [1.29, 1.82) is 0 Å². The molecule has 2 N–H and O–H groups in total. The Hall–Kier alpha value is -4.22. The largest absolute Gasteiger partial charge is 0.507 e. The summed E-state index contributed by atoms with van der Waals surface area (Å²) in [6, 6.07) is 31.7.